The number of hydrogen-bond donors (Lipinski definition) is 1. The van der Waals surface area contributed by atoms with E-state index < -0.39 is 0 Å². The smallest absolute Gasteiger partial charge is 0.00951 e. The first-order valence-electron chi connectivity index (χ1n) is 5.07. The summed E-state index contributed by atoms with van der Waals surface area (Å²) in [4.78, 5) is 0. The maximum Gasteiger partial charge on any atom is 0.00951 e. The van der Waals surface area contributed by atoms with Crippen molar-refractivity contribution in [1.82, 2.24) is 5.32 Å². The third kappa shape index (κ3) is 1.20. The van der Waals surface area contributed by atoms with Crippen molar-refractivity contribution in [2.24, 2.45) is 5.41 Å². The predicted molar refractivity (Wildman–Crippen MR) is 47.6 cm³/mol. The van der Waals surface area contributed by atoms with Crippen molar-refractivity contribution >= 4 is 0 Å². The highest BCUT2D eigenvalue weighted by Gasteiger charge is 2.39. The Morgan fingerprint density at radius 2 is 1.73 bits per heavy atom. The molecule has 64 valence electrons. The second-order valence-electron chi connectivity index (χ2n) is 4.35. The topological polar surface area (TPSA) is 12.0 Å². The molecule has 11 heavy (non-hydrogen) atoms. The molecule has 1 atom stereocenters. The summed E-state index contributed by atoms with van der Waals surface area (Å²) in [5, 5.41) is 3.61. The Bertz CT molecular complexity index is 136. The van der Waals surface area contributed by atoms with Crippen molar-refractivity contribution in [3.8, 4) is 0 Å². The third-order valence-electron chi connectivity index (χ3n) is 3.82. The summed E-state index contributed by atoms with van der Waals surface area (Å²) >= 11 is 0. The van der Waals surface area contributed by atoms with E-state index in [0.29, 0.717) is 0 Å². The zero-order chi connectivity index (χ0) is 7.73. The van der Waals surface area contributed by atoms with Crippen LogP contribution in [0.5, 0.6) is 0 Å². The molecular formula is C10H19N. The molecular weight excluding hydrogens is 134 g/mol. The van der Waals surface area contributed by atoms with Gasteiger partial charge in [0.25, 0.3) is 0 Å². The molecule has 1 nitrogen and oxygen atoms in total. The molecule has 0 radical (unpaired) electrons. The molecule has 1 heteroatoms. The third-order valence-corrected chi connectivity index (χ3v) is 3.82. The van der Waals surface area contributed by atoms with Gasteiger partial charge in [-0.2, -0.15) is 0 Å². The quantitative estimate of drug-likeness (QED) is 0.563. The zero-order valence-electron chi connectivity index (χ0n) is 7.53. The lowest BCUT2D eigenvalue weighted by Crippen LogP contribution is -2.46. The van der Waals surface area contributed by atoms with Crippen LogP contribution >= 0.6 is 0 Å². The van der Waals surface area contributed by atoms with Gasteiger partial charge in [0.2, 0.25) is 0 Å². The molecule has 0 amide bonds. The monoisotopic (exact) mass is 153 g/mol. The van der Waals surface area contributed by atoms with Crippen LogP contribution in [0.4, 0.5) is 0 Å². The van der Waals surface area contributed by atoms with Crippen LogP contribution in [0.3, 0.4) is 0 Å². The van der Waals surface area contributed by atoms with Gasteiger partial charge in [-0.05, 0) is 44.6 Å². The summed E-state index contributed by atoms with van der Waals surface area (Å²) in [6.07, 6.45) is 8.83. The Labute approximate surface area is 69.6 Å². The summed E-state index contributed by atoms with van der Waals surface area (Å²) in [5.41, 5.74) is 0.720. The fourth-order valence-corrected chi connectivity index (χ4v) is 2.95. The van der Waals surface area contributed by atoms with Gasteiger partial charge in [-0.3, -0.25) is 0 Å². The van der Waals surface area contributed by atoms with E-state index in [1.165, 1.54) is 45.1 Å². The highest BCUT2D eigenvalue weighted by atomic mass is 14.9. The van der Waals surface area contributed by atoms with Gasteiger partial charge in [-0.15, -0.1) is 0 Å². The fraction of sp³-hybridized carbons (Fsp3) is 1.00. The van der Waals surface area contributed by atoms with Crippen molar-refractivity contribution in [2.75, 3.05) is 6.54 Å². The lowest BCUT2D eigenvalue weighted by molar-refractivity contribution is 0.152. The molecule has 0 aromatic carbocycles. The first-order valence-corrected chi connectivity index (χ1v) is 5.07. The number of hydrogen-bond acceptors (Lipinski definition) is 1. The van der Waals surface area contributed by atoms with E-state index >= 15 is 0 Å². The molecule has 0 bridgehead atoms. The van der Waals surface area contributed by atoms with Crippen LogP contribution in [-0.2, 0) is 0 Å². The average molecular weight is 153 g/mol. The predicted octanol–water partition coefficient (Wildman–Crippen LogP) is 2.32. The van der Waals surface area contributed by atoms with Crippen LogP contribution in [0.2, 0.25) is 0 Å². The van der Waals surface area contributed by atoms with Crippen molar-refractivity contribution in [2.45, 2.75) is 51.5 Å². The van der Waals surface area contributed by atoms with Crippen LogP contribution in [-0.4, -0.2) is 12.6 Å². The molecule has 2 fully saturated rings. The summed E-state index contributed by atoms with van der Waals surface area (Å²) in [5.74, 6) is 0. The second-order valence-corrected chi connectivity index (χ2v) is 4.35. The standard InChI is InChI=1S/C10H19N/c1-9-10(5-2-3-6-10)7-4-8-11-9/h9,11H,2-8H2,1H3/t9-/m0/s1. The minimum Gasteiger partial charge on any atom is -0.314 e. The second kappa shape index (κ2) is 2.78. The average Bonchev–Trinajstić information content (AvgIpc) is 2.46. The molecule has 1 spiro atoms. The van der Waals surface area contributed by atoms with Gasteiger partial charge in [0.15, 0.2) is 0 Å². The van der Waals surface area contributed by atoms with Gasteiger partial charge in [-0.1, -0.05) is 12.8 Å². The zero-order valence-corrected chi connectivity index (χ0v) is 7.53. The Morgan fingerprint density at radius 3 is 2.36 bits per heavy atom. The summed E-state index contributed by atoms with van der Waals surface area (Å²) in [6, 6.07) is 0.791. The molecule has 0 aromatic heterocycles. The van der Waals surface area contributed by atoms with E-state index in [2.05, 4.69) is 12.2 Å². The maximum atomic E-state index is 3.61. The minimum atomic E-state index is 0.720. The molecule has 1 saturated heterocycles. The van der Waals surface area contributed by atoms with Gasteiger partial charge in [-0.25, -0.2) is 0 Å². The summed E-state index contributed by atoms with van der Waals surface area (Å²) in [7, 11) is 0. The normalized spacial score (nSPS) is 36.3. The summed E-state index contributed by atoms with van der Waals surface area (Å²) in [6.45, 7) is 3.63. The van der Waals surface area contributed by atoms with Crippen LogP contribution in [0.1, 0.15) is 45.4 Å². The molecule has 1 saturated carbocycles. The lowest BCUT2D eigenvalue weighted by Gasteiger charge is -2.40. The van der Waals surface area contributed by atoms with E-state index in [9.17, 15) is 0 Å². The van der Waals surface area contributed by atoms with Gasteiger partial charge in [0.05, 0.1) is 0 Å². The van der Waals surface area contributed by atoms with Crippen LogP contribution in [0, 0.1) is 5.41 Å². The van der Waals surface area contributed by atoms with Gasteiger partial charge in [0, 0.05) is 6.04 Å². The molecule has 1 heterocycles. The number of nitrogens with one attached hydrogen (secondary N) is 1. The van der Waals surface area contributed by atoms with E-state index in [4.69, 9.17) is 0 Å². The van der Waals surface area contributed by atoms with Crippen molar-refractivity contribution in [3.05, 3.63) is 0 Å². The van der Waals surface area contributed by atoms with Gasteiger partial charge in [0.1, 0.15) is 0 Å². The van der Waals surface area contributed by atoms with Gasteiger partial charge < -0.3 is 5.32 Å². The maximum absolute atomic E-state index is 3.61. The molecule has 1 aliphatic heterocycles. The van der Waals surface area contributed by atoms with Crippen LogP contribution in [0.25, 0.3) is 0 Å². The molecule has 2 aliphatic rings. The Morgan fingerprint density at radius 1 is 1.09 bits per heavy atom. The van der Waals surface area contributed by atoms with Crippen LogP contribution in [0.15, 0.2) is 0 Å². The van der Waals surface area contributed by atoms with Crippen molar-refractivity contribution < 1.29 is 0 Å². The Kier molecular flexibility index (Phi) is 1.92. The molecule has 1 aliphatic carbocycles. The molecule has 1 N–H and O–H groups in total. The largest absolute Gasteiger partial charge is 0.314 e. The van der Waals surface area contributed by atoms with Gasteiger partial charge >= 0.3 is 0 Å². The fourth-order valence-electron chi connectivity index (χ4n) is 2.95. The van der Waals surface area contributed by atoms with E-state index in [1.54, 1.807) is 0 Å². The highest BCUT2D eigenvalue weighted by Crippen LogP contribution is 2.46. The lowest BCUT2D eigenvalue weighted by atomic mass is 9.73. The van der Waals surface area contributed by atoms with E-state index in [0.717, 1.165) is 11.5 Å². The van der Waals surface area contributed by atoms with E-state index in [-0.39, 0.29) is 0 Å². The molecule has 0 aromatic rings. The molecule has 2 rings (SSSR count). The van der Waals surface area contributed by atoms with E-state index in [1.807, 2.05) is 0 Å². The number of piperidine rings is 1. The van der Waals surface area contributed by atoms with Crippen molar-refractivity contribution in [3.63, 3.8) is 0 Å². The molecule has 0 unspecified atom stereocenters. The number of rotatable bonds is 0. The summed E-state index contributed by atoms with van der Waals surface area (Å²) < 4.78 is 0. The van der Waals surface area contributed by atoms with Crippen LogP contribution < -0.4 is 5.32 Å². The first kappa shape index (κ1) is 7.60. The first-order chi connectivity index (χ1) is 5.33. The highest BCUT2D eigenvalue weighted by molar-refractivity contribution is 4.95. The Balaban J connectivity index is 2.07. The SMILES string of the molecule is C[C@@H]1NCCCC12CCCC2. The minimum absolute atomic E-state index is 0.720. The van der Waals surface area contributed by atoms with Crippen molar-refractivity contribution in [1.29, 1.82) is 0 Å². The Hall–Kier alpha value is -0.0400.